The molecule has 3 aromatic rings. The molecule has 1 fully saturated rings. The van der Waals surface area contributed by atoms with Crippen LogP contribution in [-0.2, 0) is 32.6 Å². The Morgan fingerprint density at radius 2 is 1.61 bits per heavy atom. The molecule has 44 heavy (non-hydrogen) atoms. The molecule has 0 saturated heterocycles. The number of ether oxygens (including phenoxy) is 1. The molecule has 2 amide bonds. The first-order valence-corrected chi connectivity index (χ1v) is 17.1. The van der Waals surface area contributed by atoms with Crippen molar-refractivity contribution in [2.45, 2.75) is 70.5 Å². The highest BCUT2D eigenvalue weighted by Crippen LogP contribution is 2.24. The largest absolute Gasteiger partial charge is 0.494 e. The summed E-state index contributed by atoms with van der Waals surface area (Å²) in [6, 6.07) is 21.5. The number of nitrogens with one attached hydrogen (secondary N) is 1. The number of hydrogen-bond acceptors (Lipinski definition) is 5. The summed E-state index contributed by atoms with van der Waals surface area (Å²) in [7, 11) is -3.63. The van der Waals surface area contributed by atoms with Gasteiger partial charge < -0.3 is 15.0 Å². The number of amides is 2. The van der Waals surface area contributed by atoms with Gasteiger partial charge in [-0.3, -0.25) is 13.9 Å². The minimum atomic E-state index is -3.63. The highest BCUT2D eigenvalue weighted by molar-refractivity contribution is 7.92. The Balaban J connectivity index is 1.56. The van der Waals surface area contributed by atoms with Gasteiger partial charge in [-0.25, -0.2) is 12.8 Å². The van der Waals surface area contributed by atoms with Gasteiger partial charge in [0.1, 0.15) is 17.6 Å². The van der Waals surface area contributed by atoms with Gasteiger partial charge >= 0.3 is 0 Å². The fourth-order valence-corrected chi connectivity index (χ4v) is 6.55. The lowest BCUT2D eigenvalue weighted by molar-refractivity contribution is -0.141. The summed E-state index contributed by atoms with van der Waals surface area (Å²) in [5, 5.41) is 3.17. The molecular formula is C34H42FN3O5S. The van der Waals surface area contributed by atoms with Gasteiger partial charge in [-0.15, -0.1) is 0 Å². The van der Waals surface area contributed by atoms with Gasteiger partial charge in [0.25, 0.3) is 0 Å². The van der Waals surface area contributed by atoms with Gasteiger partial charge in [-0.1, -0.05) is 55.3 Å². The number of rotatable bonds is 15. The van der Waals surface area contributed by atoms with Crippen molar-refractivity contribution in [1.29, 1.82) is 0 Å². The number of carbonyl (C=O) groups excluding carboxylic acids is 2. The number of benzene rings is 3. The van der Waals surface area contributed by atoms with Crippen molar-refractivity contribution in [3.63, 3.8) is 0 Å². The molecule has 0 aliphatic heterocycles. The summed E-state index contributed by atoms with van der Waals surface area (Å²) >= 11 is 0. The number of halogens is 1. The third-order valence-corrected chi connectivity index (χ3v) is 9.02. The maximum absolute atomic E-state index is 14.0. The highest BCUT2D eigenvalue weighted by atomic mass is 32.2. The van der Waals surface area contributed by atoms with Crippen LogP contribution in [0.1, 0.15) is 56.6 Å². The minimum absolute atomic E-state index is 0.0201. The predicted octanol–water partition coefficient (Wildman–Crippen LogP) is 5.47. The lowest BCUT2D eigenvalue weighted by atomic mass is 10.0. The van der Waals surface area contributed by atoms with Crippen molar-refractivity contribution in [3.05, 3.63) is 95.8 Å². The average Bonchev–Trinajstić information content (AvgIpc) is 3.51. The van der Waals surface area contributed by atoms with Crippen LogP contribution in [0.4, 0.5) is 10.1 Å². The maximum atomic E-state index is 14.0. The summed E-state index contributed by atoms with van der Waals surface area (Å²) < 4.78 is 45.9. The lowest BCUT2D eigenvalue weighted by Gasteiger charge is -2.33. The molecule has 4 rings (SSSR count). The van der Waals surface area contributed by atoms with Gasteiger partial charge in [-0.05, 0) is 73.7 Å². The zero-order valence-electron chi connectivity index (χ0n) is 25.5. The van der Waals surface area contributed by atoms with Gasteiger partial charge in [0.2, 0.25) is 21.8 Å². The Bertz CT molecular complexity index is 1460. The smallest absolute Gasteiger partial charge is 0.243 e. The van der Waals surface area contributed by atoms with Crippen molar-refractivity contribution in [1.82, 2.24) is 10.2 Å². The van der Waals surface area contributed by atoms with E-state index in [-0.39, 0.29) is 49.6 Å². The van der Waals surface area contributed by atoms with Crippen LogP contribution >= 0.6 is 0 Å². The van der Waals surface area contributed by atoms with Crippen molar-refractivity contribution < 1.29 is 27.1 Å². The van der Waals surface area contributed by atoms with E-state index in [1.165, 1.54) is 16.4 Å². The van der Waals surface area contributed by atoms with Crippen molar-refractivity contribution in [2.24, 2.45) is 0 Å². The maximum Gasteiger partial charge on any atom is 0.243 e. The van der Waals surface area contributed by atoms with E-state index in [4.69, 9.17) is 4.74 Å². The van der Waals surface area contributed by atoms with E-state index in [1.807, 2.05) is 37.3 Å². The van der Waals surface area contributed by atoms with Gasteiger partial charge in [0, 0.05) is 32.0 Å². The SMILES string of the molecule is CCOc1ccc(N(CCCC(=O)N(Cc2ccc(F)cc2)[C@H](Cc2ccccc2)C(=O)NC2CCCC2)S(C)(=O)=O)cc1. The standard InChI is InChI=1S/C34H42FN3O5S/c1-3-43-31-21-19-30(20-22-31)38(44(2,41)42)23-9-14-33(39)37(25-27-15-17-28(35)18-16-27)32(24-26-10-5-4-6-11-26)34(40)36-29-12-7-8-13-29/h4-6,10-11,15-22,29,32H,3,7-9,12-14,23-25H2,1-2H3,(H,36,40)/t32-/m1/s1. The van der Waals surface area contributed by atoms with Crippen LogP contribution in [0.3, 0.4) is 0 Å². The van der Waals surface area contributed by atoms with E-state index in [0.717, 1.165) is 37.5 Å². The fourth-order valence-electron chi connectivity index (χ4n) is 5.59. The molecular weight excluding hydrogens is 581 g/mol. The molecule has 0 unspecified atom stereocenters. The topological polar surface area (TPSA) is 96.0 Å². The lowest BCUT2D eigenvalue weighted by Crippen LogP contribution is -2.52. The molecule has 8 nitrogen and oxygen atoms in total. The van der Waals surface area contributed by atoms with Gasteiger partial charge in [-0.2, -0.15) is 0 Å². The van der Waals surface area contributed by atoms with Gasteiger partial charge in [0.15, 0.2) is 0 Å². The first-order chi connectivity index (χ1) is 21.1. The average molecular weight is 624 g/mol. The van der Waals surface area contributed by atoms with Crippen LogP contribution in [0.2, 0.25) is 0 Å². The van der Waals surface area contributed by atoms with Gasteiger partial charge in [0.05, 0.1) is 18.6 Å². The first kappa shape index (κ1) is 33.0. The molecule has 0 radical (unpaired) electrons. The number of sulfonamides is 1. The summed E-state index contributed by atoms with van der Waals surface area (Å²) in [5.41, 5.74) is 2.08. The fraction of sp³-hybridized carbons (Fsp3) is 0.412. The zero-order valence-corrected chi connectivity index (χ0v) is 26.3. The Labute approximate surface area is 260 Å². The monoisotopic (exact) mass is 623 g/mol. The van der Waals surface area contributed by atoms with Crippen LogP contribution in [0.25, 0.3) is 0 Å². The molecule has 3 aromatic carbocycles. The van der Waals surface area contributed by atoms with Crippen LogP contribution in [-0.4, -0.2) is 56.6 Å². The quantitative estimate of drug-likeness (QED) is 0.242. The molecule has 236 valence electrons. The highest BCUT2D eigenvalue weighted by Gasteiger charge is 2.32. The molecule has 1 aliphatic carbocycles. The van der Waals surface area contributed by atoms with Crippen LogP contribution in [0.15, 0.2) is 78.9 Å². The number of anilines is 1. The van der Waals surface area contributed by atoms with Crippen LogP contribution < -0.4 is 14.4 Å². The van der Waals surface area contributed by atoms with E-state index in [9.17, 15) is 22.4 Å². The Morgan fingerprint density at radius 3 is 2.23 bits per heavy atom. The molecule has 0 spiro atoms. The molecule has 10 heteroatoms. The molecule has 0 heterocycles. The Kier molecular flexibility index (Phi) is 11.8. The second-order valence-corrected chi connectivity index (χ2v) is 13.1. The normalized spacial score (nSPS) is 14.2. The van der Waals surface area contributed by atoms with E-state index >= 15 is 0 Å². The molecule has 0 bridgehead atoms. The third kappa shape index (κ3) is 9.54. The molecule has 1 saturated carbocycles. The number of carbonyl (C=O) groups is 2. The number of nitrogens with zero attached hydrogens (tertiary/aromatic N) is 2. The first-order valence-electron chi connectivity index (χ1n) is 15.2. The van der Waals surface area contributed by atoms with Crippen molar-refractivity contribution in [2.75, 3.05) is 23.7 Å². The summed E-state index contributed by atoms with van der Waals surface area (Å²) in [6.45, 7) is 2.56. The van der Waals surface area contributed by atoms with E-state index in [2.05, 4.69) is 5.32 Å². The van der Waals surface area contributed by atoms with Crippen molar-refractivity contribution in [3.8, 4) is 5.75 Å². The molecule has 1 aliphatic rings. The Hall–Kier alpha value is -3.92. The second kappa shape index (κ2) is 15.7. The molecule has 0 aromatic heterocycles. The molecule has 1 atom stereocenters. The van der Waals surface area contributed by atoms with E-state index < -0.39 is 16.1 Å². The Morgan fingerprint density at radius 1 is 0.955 bits per heavy atom. The zero-order chi connectivity index (χ0) is 31.5. The summed E-state index contributed by atoms with van der Waals surface area (Å²) in [5.74, 6) is -0.251. The van der Waals surface area contributed by atoms with Crippen LogP contribution in [0, 0.1) is 5.82 Å². The number of hydrogen-bond donors (Lipinski definition) is 1. The van der Waals surface area contributed by atoms with E-state index in [1.54, 1.807) is 41.3 Å². The second-order valence-electron chi connectivity index (χ2n) is 11.2. The summed E-state index contributed by atoms with van der Waals surface area (Å²) in [4.78, 5) is 29.3. The van der Waals surface area contributed by atoms with Crippen LogP contribution in [0.5, 0.6) is 5.75 Å². The van der Waals surface area contributed by atoms with Crippen molar-refractivity contribution >= 4 is 27.5 Å². The van der Waals surface area contributed by atoms with E-state index in [0.29, 0.717) is 30.0 Å². The third-order valence-electron chi connectivity index (χ3n) is 7.83. The summed E-state index contributed by atoms with van der Waals surface area (Å²) in [6.07, 6.45) is 5.62. The molecule has 1 N–H and O–H groups in total. The minimum Gasteiger partial charge on any atom is -0.494 e. The predicted molar refractivity (Wildman–Crippen MR) is 170 cm³/mol.